The lowest BCUT2D eigenvalue weighted by atomic mass is 10.3. The fraction of sp³-hybridized carbons (Fsp3) is 0. The molecule has 2 rings (SSSR count). The quantitative estimate of drug-likeness (QED) is 0.873. The number of benzene rings is 1. The highest BCUT2D eigenvalue weighted by Gasteiger charge is 2.08. The third-order valence-electron chi connectivity index (χ3n) is 1.97. The van der Waals surface area contributed by atoms with Gasteiger partial charge in [0.2, 0.25) is 0 Å². The maximum atomic E-state index is 11.7. The van der Waals surface area contributed by atoms with Gasteiger partial charge in [0, 0.05) is 16.4 Å². The first kappa shape index (κ1) is 11.2. The number of aromatic nitrogens is 1. The number of carbonyl (C=O) groups excluding carboxylic acids is 1. The molecular weight excluding hydrogens is 291 g/mol. The Morgan fingerprint density at radius 2 is 2.19 bits per heavy atom. The van der Waals surface area contributed by atoms with Crippen LogP contribution in [0, 0.1) is 0 Å². The summed E-state index contributed by atoms with van der Waals surface area (Å²) in [6.45, 7) is 0. The summed E-state index contributed by atoms with van der Waals surface area (Å²) in [7, 11) is 0. The van der Waals surface area contributed by atoms with E-state index in [4.69, 9.17) is 11.6 Å². The fourth-order valence-electron chi connectivity index (χ4n) is 1.26. The lowest BCUT2D eigenvalue weighted by molar-refractivity contribution is 0.102. The Balaban J connectivity index is 2.13. The van der Waals surface area contributed by atoms with E-state index in [0.717, 1.165) is 10.2 Å². The minimum absolute atomic E-state index is 0.218. The van der Waals surface area contributed by atoms with Gasteiger partial charge >= 0.3 is 0 Å². The molecule has 0 saturated heterocycles. The number of hydrogen-bond acceptors (Lipinski definition) is 1. The first-order valence-corrected chi connectivity index (χ1v) is 5.73. The number of rotatable bonds is 2. The van der Waals surface area contributed by atoms with Crippen molar-refractivity contribution in [2.45, 2.75) is 0 Å². The van der Waals surface area contributed by atoms with E-state index in [1.807, 2.05) is 24.3 Å². The predicted octanol–water partition coefficient (Wildman–Crippen LogP) is 3.68. The second-order valence-corrected chi connectivity index (χ2v) is 4.55. The average molecular weight is 300 g/mol. The van der Waals surface area contributed by atoms with E-state index in [0.29, 0.717) is 10.7 Å². The van der Waals surface area contributed by atoms with Crippen molar-refractivity contribution in [3.63, 3.8) is 0 Å². The number of halogens is 2. The summed E-state index contributed by atoms with van der Waals surface area (Å²) in [6, 6.07) is 8.95. The number of carbonyl (C=O) groups is 1. The van der Waals surface area contributed by atoms with Crippen LogP contribution in [0.25, 0.3) is 0 Å². The number of nitrogens with one attached hydrogen (secondary N) is 2. The molecule has 1 aromatic carbocycles. The van der Waals surface area contributed by atoms with Crippen molar-refractivity contribution in [1.82, 2.24) is 4.98 Å². The van der Waals surface area contributed by atoms with Crippen LogP contribution in [-0.2, 0) is 0 Å². The summed E-state index contributed by atoms with van der Waals surface area (Å²) in [5.74, 6) is -0.218. The van der Waals surface area contributed by atoms with Crippen LogP contribution in [-0.4, -0.2) is 10.9 Å². The smallest absolute Gasteiger partial charge is 0.272 e. The molecule has 0 radical (unpaired) electrons. The Kier molecular flexibility index (Phi) is 3.31. The van der Waals surface area contributed by atoms with E-state index in [9.17, 15) is 4.79 Å². The molecule has 1 aromatic heterocycles. The molecule has 0 aliphatic rings. The molecule has 82 valence electrons. The van der Waals surface area contributed by atoms with E-state index in [1.165, 1.54) is 0 Å². The molecule has 2 N–H and O–H groups in total. The van der Waals surface area contributed by atoms with Crippen LogP contribution >= 0.6 is 27.5 Å². The van der Waals surface area contributed by atoms with Crippen molar-refractivity contribution in [2.24, 2.45) is 0 Å². The molecule has 1 amide bonds. The molecule has 0 fully saturated rings. The SMILES string of the molecule is O=C(Nc1cccc(Br)c1)c1cc(Cl)c[nH]1. The van der Waals surface area contributed by atoms with Gasteiger partial charge in [-0.1, -0.05) is 33.6 Å². The van der Waals surface area contributed by atoms with Crippen molar-refractivity contribution in [3.8, 4) is 0 Å². The van der Waals surface area contributed by atoms with Crippen LogP contribution in [0.1, 0.15) is 10.5 Å². The highest BCUT2D eigenvalue weighted by Crippen LogP contribution is 2.17. The van der Waals surface area contributed by atoms with Gasteiger partial charge in [0.25, 0.3) is 5.91 Å². The van der Waals surface area contributed by atoms with Crippen LogP contribution in [0.15, 0.2) is 41.0 Å². The summed E-state index contributed by atoms with van der Waals surface area (Å²) in [5, 5.41) is 3.27. The molecule has 2 aromatic rings. The first-order chi connectivity index (χ1) is 7.65. The molecule has 0 aliphatic carbocycles. The van der Waals surface area contributed by atoms with Crippen molar-refractivity contribution in [2.75, 3.05) is 5.32 Å². The van der Waals surface area contributed by atoms with Gasteiger partial charge in [0.15, 0.2) is 0 Å². The van der Waals surface area contributed by atoms with Gasteiger partial charge in [-0.25, -0.2) is 0 Å². The van der Waals surface area contributed by atoms with Gasteiger partial charge in [0.05, 0.1) is 5.02 Å². The number of anilines is 1. The van der Waals surface area contributed by atoms with Gasteiger partial charge in [-0.15, -0.1) is 0 Å². The topological polar surface area (TPSA) is 44.9 Å². The molecule has 1 heterocycles. The van der Waals surface area contributed by atoms with E-state index < -0.39 is 0 Å². The van der Waals surface area contributed by atoms with Crippen LogP contribution in [0.4, 0.5) is 5.69 Å². The Morgan fingerprint density at radius 1 is 1.38 bits per heavy atom. The normalized spacial score (nSPS) is 10.1. The molecule has 0 bridgehead atoms. The highest BCUT2D eigenvalue weighted by molar-refractivity contribution is 9.10. The summed E-state index contributed by atoms with van der Waals surface area (Å²) in [6.07, 6.45) is 1.57. The molecule has 0 aliphatic heterocycles. The molecule has 16 heavy (non-hydrogen) atoms. The third kappa shape index (κ3) is 2.65. The van der Waals surface area contributed by atoms with E-state index in [1.54, 1.807) is 12.3 Å². The number of H-pyrrole nitrogens is 1. The average Bonchev–Trinajstić information content (AvgIpc) is 2.65. The van der Waals surface area contributed by atoms with Gasteiger partial charge in [0.1, 0.15) is 5.69 Å². The van der Waals surface area contributed by atoms with Crippen LogP contribution in [0.3, 0.4) is 0 Å². The van der Waals surface area contributed by atoms with Crippen LogP contribution in [0.2, 0.25) is 5.02 Å². The molecular formula is C11H8BrClN2O. The highest BCUT2D eigenvalue weighted by atomic mass is 79.9. The fourth-order valence-corrected chi connectivity index (χ4v) is 1.83. The van der Waals surface area contributed by atoms with E-state index in [-0.39, 0.29) is 5.91 Å². The van der Waals surface area contributed by atoms with Crippen LogP contribution in [0.5, 0.6) is 0 Å². The monoisotopic (exact) mass is 298 g/mol. The summed E-state index contributed by atoms with van der Waals surface area (Å²) >= 11 is 9.05. The summed E-state index contributed by atoms with van der Waals surface area (Å²) in [5.41, 5.74) is 1.16. The Hall–Kier alpha value is -1.26. The van der Waals surface area contributed by atoms with Gasteiger partial charge < -0.3 is 10.3 Å². The third-order valence-corrected chi connectivity index (χ3v) is 2.69. The minimum atomic E-state index is -0.218. The van der Waals surface area contributed by atoms with Gasteiger partial charge in [-0.05, 0) is 24.3 Å². The van der Waals surface area contributed by atoms with E-state index >= 15 is 0 Å². The summed E-state index contributed by atoms with van der Waals surface area (Å²) in [4.78, 5) is 14.5. The Morgan fingerprint density at radius 3 is 2.81 bits per heavy atom. The van der Waals surface area contributed by atoms with Gasteiger partial charge in [-0.2, -0.15) is 0 Å². The Labute approximate surface area is 106 Å². The van der Waals surface area contributed by atoms with Crippen molar-refractivity contribution in [1.29, 1.82) is 0 Å². The molecule has 0 unspecified atom stereocenters. The number of aromatic amines is 1. The maximum absolute atomic E-state index is 11.7. The largest absolute Gasteiger partial charge is 0.356 e. The standard InChI is InChI=1S/C11H8BrClN2O/c12-7-2-1-3-9(4-7)15-11(16)10-5-8(13)6-14-10/h1-6,14H,(H,15,16). The molecule has 0 atom stereocenters. The molecule has 0 saturated carbocycles. The number of amides is 1. The maximum Gasteiger partial charge on any atom is 0.272 e. The van der Waals surface area contributed by atoms with Crippen molar-refractivity contribution < 1.29 is 4.79 Å². The molecule has 5 heteroatoms. The predicted molar refractivity (Wildman–Crippen MR) is 67.9 cm³/mol. The molecule has 3 nitrogen and oxygen atoms in total. The molecule has 0 spiro atoms. The second-order valence-electron chi connectivity index (χ2n) is 3.20. The Bertz CT molecular complexity index is 524. The minimum Gasteiger partial charge on any atom is -0.356 e. The van der Waals surface area contributed by atoms with Crippen LogP contribution < -0.4 is 5.32 Å². The van der Waals surface area contributed by atoms with Gasteiger partial charge in [-0.3, -0.25) is 4.79 Å². The number of hydrogen-bond donors (Lipinski definition) is 2. The zero-order valence-electron chi connectivity index (χ0n) is 8.13. The lowest BCUT2D eigenvalue weighted by Crippen LogP contribution is -2.11. The zero-order valence-corrected chi connectivity index (χ0v) is 10.5. The van der Waals surface area contributed by atoms with E-state index in [2.05, 4.69) is 26.2 Å². The van der Waals surface area contributed by atoms with Crippen molar-refractivity contribution in [3.05, 3.63) is 51.7 Å². The lowest BCUT2D eigenvalue weighted by Gasteiger charge is -2.03. The summed E-state index contributed by atoms with van der Waals surface area (Å²) < 4.78 is 0.912. The van der Waals surface area contributed by atoms with Crippen molar-refractivity contribution >= 4 is 39.1 Å². The first-order valence-electron chi connectivity index (χ1n) is 4.56. The zero-order chi connectivity index (χ0) is 11.5. The second kappa shape index (κ2) is 4.72.